The molecule has 4 heteroatoms. The molecule has 1 amide bonds. The van der Waals surface area contributed by atoms with Crippen molar-refractivity contribution in [3.63, 3.8) is 0 Å². The molecule has 4 saturated carbocycles. The highest BCUT2D eigenvalue weighted by atomic mass is 16.5. The molecule has 4 aliphatic carbocycles. The number of amides is 1. The van der Waals surface area contributed by atoms with Crippen molar-refractivity contribution in [2.45, 2.75) is 50.5 Å². The molecule has 4 rings (SSSR count). The van der Waals surface area contributed by atoms with Crippen LogP contribution < -0.4 is 11.3 Å². The van der Waals surface area contributed by atoms with Gasteiger partial charge in [0.25, 0.3) is 0 Å². The molecule has 0 atom stereocenters. The number of carbonyl (C=O) groups excluding carboxylic acids is 1. The van der Waals surface area contributed by atoms with Crippen LogP contribution in [0.5, 0.6) is 0 Å². The Hall–Kier alpha value is -0.610. The summed E-state index contributed by atoms with van der Waals surface area (Å²) in [6.07, 6.45) is 8.33. The van der Waals surface area contributed by atoms with E-state index in [0.717, 1.165) is 17.8 Å². The highest BCUT2D eigenvalue weighted by Crippen LogP contribution is 2.57. The predicted molar refractivity (Wildman–Crippen MR) is 63.8 cm³/mol. The van der Waals surface area contributed by atoms with Gasteiger partial charge in [0.2, 0.25) is 5.91 Å². The fourth-order valence-corrected chi connectivity index (χ4v) is 4.64. The maximum Gasteiger partial charge on any atom is 0.236 e. The molecule has 17 heavy (non-hydrogen) atoms. The molecule has 0 spiro atoms. The van der Waals surface area contributed by atoms with E-state index in [0.29, 0.717) is 13.0 Å². The summed E-state index contributed by atoms with van der Waals surface area (Å²) in [5, 5.41) is 0. The van der Waals surface area contributed by atoms with E-state index in [1.165, 1.54) is 38.5 Å². The minimum absolute atomic E-state index is 0.115. The largest absolute Gasteiger partial charge is 0.374 e. The normalized spacial score (nSPS) is 42.8. The Morgan fingerprint density at radius 3 is 2.18 bits per heavy atom. The third-order valence-corrected chi connectivity index (χ3v) is 4.88. The van der Waals surface area contributed by atoms with E-state index in [1.807, 2.05) is 0 Å². The Balaban J connectivity index is 1.57. The van der Waals surface area contributed by atoms with Gasteiger partial charge in [-0.15, -0.1) is 0 Å². The van der Waals surface area contributed by atoms with Crippen LogP contribution in [0.3, 0.4) is 0 Å². The zero-order chi connectivity index (χ0) is 11.9. The number of nitrogens with two attached hydrogens (primary N) is 1. The Bertz CT molecular complexity index is 281. The van der Waals surface area contributed by atoms with Crippen molar-refractivity contribution in [3.05, 3.63) is 0 Å². The summed E-state index contributed by atoms with van der Waals surface area (Å²) >= 11 is 0. The highest BCUT2D eigenvalue weighted by Gasteiger charge is 2.51. The van der Waals surface area contributed by atoms with Crippen LogP contribution in [0.25, 0.3) is 0 Å². The Morgan fingerprint density at radius 1 is 1.18 bits per heavy atom. The number of nitrogens with one attached hydrogen (secondary N) is 1. The smallest absolute Gasteiger partial charge is 0.236 e. The lowest BCUT2D eigenvalue weighted by atomic mass is 9.54. The molecule has 0 radical (unpaired) electrons. The quantitative estimate of drug-likeness (QED) is 0.441. The lowest BCUT2D eigenvalue weighted by molar-refractivity contribution is -0.164. The number of carbonyl (C=O) groups is 1. The molecule has 0 aromatic rings. The van der Waals surface area contributed by atoms with E-state index in [2.05, 4.69) is 5.43 Å². The molecule has 0 unspecified atom stereocenters. The second-order valence-corrected chi connectivity index (χ2v) is 6.27. The van der Waals surface area contributed by atoms with Gasteiger partial charge in [-0.3, -0.25) is 10.2 Å². The summed E-state index contributed by atoms with van der Waals surface area (Å²) in [6, 6.07) is 0. The molecule has 96 valence electrons. The van der Waals surface area contributed by atoms with Gasteiger partial charge in [0, 0.05) is 0 Å². The summed E-state index contributed by atoms with van der Waals surface area (Å²) in [4.78, 5) is 11.1. The first-order chi connectivity index (χ1) is 8.19. The minimum Gasteiger partial charge on any atom is -0.374 e. The summed E-state index contributed by atoms with van der Waals surface area (Å²) in [5.74, 6) is 7.61. The molecule has 4 fully saturated rings. The van der Waals surface area contributed by atoms with E-state index in [9.17, 15) is 4.79 Å². The number of rotatable bonds is 4. The van der Waals surface area contributed by atoms with Gasteiger partial charge in [-0.25, -0.2) is 5.84 Å². The molecule has 4 nitrogen and oxygen atoms in total. The van der Waals surface area contributed by atoms with Gasteiger partial charge in [-0.05, 0) is 56.3 Å². The molecule has 3 N–H and O–H groups in total. The van der Waals surface area contributed by atoms with Crippen LogP contribution >= 0.6 is 0 Å². The van der Waals surface area contributed by atoms with Gasteiger partial charge in [0.15, 0.2) is 0 Å². The number of hydrazine groups is 1. The van der Waals surface area contributed by atoms with Crippen molar-refractivity contribution in [3.8, 4) is 0 Å². The Labute approximate surface area is 102 Å². The highest BCUT2D eigenvalue weighted by molar-refractivity contribution is 5.75. The van der Waals surface area contributed by atoms with Crippen molar-refractivity contribution >= 4 is 5.91 Å². The lowest BCUT2D eigenvalue weighted by Gasteiger charge is -2.56. The van der Waals surface area contributed by atoms with Crippen LogP contribution in [-0.4, -0.2) is 18.1 Å². The number of hydrogen-bond donors (Lipinski definition) is 2. The van der Waals surface area contributed by atoms with Gasteiger partial charge in [-0.2, -0.15) is 0 Å². The van der Waals surface area contributed by atoms with Gasteiger partial charge in [0.05, 0.1) is 18.6 Å². The first kappa shape index (κ1) is 11.5. The van der Waals surface area contributed by atoms with Crippen molar-refractivity contribution in [2.24, 2.45) is 23.6 Å². The average molecular weight is 238 g/mol. The fourth-order valence-electron chi connectivity index (χ4n) is 4.64. The molecule has 0 saturated heterocycles. The summed E-state index contributed by atoms with van der Waals surface area (Å²) in [7, 11) is 0. The van der Waals surface area contributed by atoms with Crippen molar-refractivity contribution in [2.75, 3.05) is 6.61 Å². The molecule has 0 heterocycles. The third kappa shape index (κ3) is 2.20. The zero-order valence-electron chi connectivity index (χ0n) is 10.3. The van der Waals surface area contributed by atoms with Crippen LogP contribution in [0.15, 0.2) is 0 Å². The van der Waals surface area contributed by atoms with Gasteiger partial charge in [-0.1, -0.05) is 0 Å². The van der Waals surface area contributed by atoms with E-state index in [1.54, 1.807) is 0 Å². The predicted octanol–water partition coefficient (Wildman–Crippen LogP) is 1.35. The molecular weight excluding hydrogens is 216 g/mol. The Kier molecular flexibility index (Phi) is 2.87. The number of hydrogen-bond acceptors (Lipinski definition) is 3. The van der Waals surface area contributed by atoms with Crippen LogP contribution in [-0.2, 0) is 9.53 Å². The summed E-state index contributed by atoms with van der Waals surface area (Å²) < 4.78 is 6.10. The standard InChI is InChI=1S/C13H22N2O2/c14-15-12(16)1-2-17-13-6-9-3-10(7-13)5-11(4-9)8-13/h9-11H,1-8,14H2,(H,15,16). The van der Waals surface area contributed by atoms with Crippen LogP contribution in [0.1, 0.15) is 44.9 Å². The monoisotopic (exact) mass is 238 g/mol. The first-order valence-corrected chi connectivity index (χ1v) is 6.82. The topological polar surface area (TPSA) is 64.3 Å². The average Bonchev–Trinajstić information content (AvgIpc) is 2.26. The molecule has 0 aromatic carbocycles. The molecule has 4 aliphatic rings. The summed E-state index contributed by atoms with van der Waals surface area (Å²) in [5.41, 5.74) is 2.27. The van der Waals surface area contributed by atoms with E-state index in [-0.39, 0.29) is 11.5 Å². The van der Waals surface area contributed by atoms with Crippen LogP contribution in [0, 0.1) is 17.8 Å². The van der Waals surface area contributed by atoms with Crippen molar-refractivity contribution in [1.82, 2.24) is 5.43 Å². The molecule has 0 aliphatic heterocycles. The van der Waals surface area contributed by atoms with Crippen LogP contribution in [0.2, 0.25) is 0 Å². The number of ether oxygens (including phenoxy) is 1. The third-order valence-electron chi connectivity index (χ3n) is 4.88. The van der Waals surface area contributed by atoms with E-state index in [4.69, 9.17) is 10.6 Å². The Morgan fingerprint density at radius 2 is 1.71 bits per heavy atom. The molecular formula is C13H22N2O2. The fraction of sp³-hybridized carbons (Fsp3) is 0.923. The second kappa shape index (κ2) is 4.25. The van der Waals surface area contributed by atoms with Gasteiger partial charge < -0.3 is 4.74 Å². The summed E-state index contributed by atoms with van der Waals surface area (Å²) in [6.45, 7) is 0.523. The zero-order valence-corrected chi connectivity index (χ0v) is 10.3. The molecule has 4 bridgehead atoms. The lowest BCUT2D eigenvalue weighted by Crippen LogP contribution is -2.52. The van der Waals surface area contributed by atoms with Gasteiger partial charge >= 0.3 is 0 Å². The van der Waals surface area contributed by atoms with E-state index >= 15 is 0 Å². The van der Waals surface area contributed by atoms with Crippen molar-refractivity contribution in [1.29, 1.82) is 0 Å². The van der Waals surface area contributed by atoms with Crippen molar-refractivity contribution < 1.29 is 9.53 Å². The van der Waals surface area contributed by atoms with Crippen LogP contribution in [0.4, 0.5) is 0 Å². The SMILES string of the molecule is NNC(=O)CCOC12CC3CC(CC(C3)C1)C2. The maximum absolute atomic E-state index is 11.1. The second-order valence-electron chi connectivity index (χ2n) is 6.27. The van der Waals surface area contributed by atoms with E-state index < -0.39 is 0 Å². The first-order valence-electron chi connectivity index (χ1n) is 6.82. The van der Waals surface area contributed by atoms with Gasteiger partial charge in [0.1, 0.15) is 0 Å². The molecule has 0 aromatic heterocycles. The maximum atomic E-state index is 11.1. The minimum atomic E-state index is -0.130.